The van der Waals surface area contributed by atoms with E-state index in [-0.39, 0.29) is 6.10 Å². The molecule has 11 heavy (non-hydrogen) atoms. The smallest absolute Gasteiger partial charge is 0.0568 e. The van der Waals surface area contributed by atoms with Gasteiger partial charge in [0, 0.05) is 0 Å². The highest BCUT2D eigenvalue weighted by Crippen LogP contribution is 2.51. The number of nitrogens with zero attached hydrogens (tertiary/aromatic N) is 1. The Morgan fingerprint density at radius 2 is 2.00 bits per heavy atom. The number of rotatable bonds is 4. The molecule has 1 unspecified atom stereocenters. The van der Waals surface area contributed by atoms with Crippen LogP contribution in [-0.4, -0.2) is 36.8 Å². The first-order valence-corrected chi connectivity index (χ1v) is 4.40. The van der Waals surface area contributed by atoms with Gasteiger partial charge in [-0.3, -0.25) is 0 Å². The van der Waals surface area contributed by atoms with Crippen LogP contribution in [0.1, 0.15) is 26.2 Å². The molecule has 1 N–H and O–H groups in total. The number of hydrogen-bond acceptors (Lipinski definition) is 2. The first-order chi connectivity index (χ1) is 5.07. The molecule has 0 saturated heterocycles. The standard InChI is InChI=1S/C9H19NO/c1-8(11)9(4-5-9)6-7-10(2)3/h8,11H,4-7H2,1-3H3. The van der Waals surface area contributed by atoms with Gasteiger partial charge in [0.05, 0.1) is 6.10 Å². The van der Waals surface area contributed by atoms with Gasteiger partial charge >= 0.3 is 0 Å². The highest BCUT2D eigenvalue weighted by molar-refractivity contribution is 4.97. The molecule has 1 rings (SSSR count). The first-order valence-electron chi connectivity index (χ1n) is 4.40. The van der Waals surface area contributed by atoms with E-state index < -0.39 is 0 Å². The summed E-state index contributed by atoms with van der Waals surface area (Å²) in [5.74, 6) is 0. The lowest BCUT2D eigenvalue weighted by molar-refractivity contribution is 0.0988. The molecule has 0 amide bonds. The molecule has 0 aromatic heterocycles. The van der Waals surface area contributed by atoms with Gasteiger partial charge in [-0.25, -0.2) is 0 Å². The summed E-state index contributed by atoms with van der Waals surface area (Å²) in [5, 5.41) is 9.44. The maximum atomic E-state index is 9.44. The zero-order valence-electron chi connectivity index (χ0n) is 7.80. The second-order valence-corrected chi connectivity index (χ2v) is 4.09. The fourth-order valence-electron chi connectivity index (χ4n) is 1.48. The molecule has 0 aromatic rings. The molecule has 1 fully saturated rings. The van der Waals surface area contributed by atoms with Crippen molar-refractivity contribution in [2.24, 2.45) is 5.41 Å². The predicted molar refractivity (Wildman–Crippen MR) is 46.5 cm³/mol. The molecule has 0 radical (unpaired) electrons. The Kier molecular flexibility index (Phi) is 2.55. The molecular weight excluding hydrogens is 138 g/mol. The Morgan fingerprint density at radius 3 is 2.27 bits per heavy atom. The molecule has 0 aliphatic heterocycles. The number of aliphatic hydroxyl groups is 1. The normalized spacial score (nSPS) is 23.7. The molecule has 0 bridgehead atoms. The first kappa shape index (κ1) is 9.01. The Balaban J connectivity index is 2.25. The quantitative estimate of drug-likeness (QED) is 0.660. The summed E-state index contributed by atoms with van der Waals surface area (Å²) in [4.78, 5) is 2.18. The molecule has 1 atom stereocenters. The van der Waals surface area contributed by atoms with E-state index in [0.29, 0.717) is 5.41 Å². The van der Waals surface area contributed by atoms with Gasteiger partial charge < -0.3 is 10.0 Å². The summed E-state index contributed by atoms with van der Waals surface area (Å²) in [7, 11) is 4.16. The van der Waals surface area contributed by atoms with Gasteiger partial charge in [0.1, 0.15) is 0 Å². The van der Waals surface area contributed by atoms with Gasteiger partial charge in [0.25, 0.3) is 0 Å². The van der Waals surface area contributed by atoms with E-state index in [1.807, 2.05) is 6.92 Å². The summed E-state index contributed by atoms with van der Waals surface area (Å²) >= 11 is 0. The minimum absolute atomic E-state index is 0.109. The lowest BCUT2D eigenvalue weighted by Gasteiger charge is -2.20. The van der Waals surface area contributed by atoms with Crippen LogP contribution < -0.4 is 0 Å². The topological polar surface area (TPSA) is 23.5 Å². The largest absolute Gasteiger partial charge is 0.393 e. The van der Waals surface area contributed by atoms with E-state index in [1.165, 1.54) is 12.8 Å². The minimum atomic E-state index is -0.109. The van der Waals surface area contributed by atoms with Crippen molar-refractivity contribution in [2.45, 2.75) is 32.3 Å². The Labute approximate surface area is 69.2 Å². The fraction of sp³-hybridized carbons (Fsp3) is 1.00. The third-order valence-corrected chi connectivity index (χ3v) is 2.84. The molecule has 0 aromatic carbocycles. The van der Waals surface area contributed by atoms with Crippen LogP contribution in [0.25, 0.3) is 0 Å². The maximum Gasteiger partial charge on any atom is 0.0568 e. The van der Waals surface area contributed by atoms with Crippen LogP contribution in [0.5, 0.6) is 0 Å². The average Bonchev–Trinajstić information content (AvgIpc) is 2.63. The van der Waals surface area contributed by atoms with Crippen molar-refractivity contribution >= 4 is 0 Å². The zero-order valence-corrected chi connectivity index (χ0v) is 7.80. The highest BCUT2D eigenvalue weighted by atomic mass is 16.3. The minimum Gasteiger partial charge on any atom is -0.393 e. The van der Waals surface area contributed by atoms with Crippen molar-refractivity contribution in [1.29, 1.82) is 0 Å². The summed E-state index contributed by atoms with van der Waals surface area (Å²) in [6.45, 7) is 3.02. The average molecular weight is 157 g/mol. The van der Waals surface area contributed by atoms with Crippen molar-refractivity contribution in [3.05, 3.63) is 0 Å². The van der Waals surface area contributed by atoms with Gasteiger partial charge in [-0.05, 0) is 52.2 Å². The van der Waals surface area contributed by atoms with Crippen LogP contribution in [0.2, 0.25) is 0 Å². The maximum absolute atomic E-state index is 9.44. The van der Waals surface area contributed by atoms with Gasteiger partial charge in [-0.2, -0.15) is 0 Å². The molecule has 1 aliphatic rings. The summed E-state index contributed by atoms with van der Waals surface area (Å²) in [6.07, 6.45) is 3.48. The monoisotopic (exact) mass is 157 g/mol. The van der Waals surface area contributed by atoms with E-state index >= 15 is 0 Å². The van der Waals surface area contributed by atoms with Crippen LogP contribution in [0.15, 0.2) is 0 Å². The summed E-state index contributed by atoms with van der Waals surface area (Å²) in [6, 6.07) is 0. The molecule has 2 heteroatoms. The van der Waals surface area contributed by atoms with Crippen molar-refractivity contribution in [2.75, 3.05) is 20.6 Å². The molecular formula is C9H19NO. The van der Waals surface area contributed by atoms with Crippen molar-refractivity contribution in [1.82, 2.24) is 4.90 Å². The second kappa shape index (κ2) is 3.11. The van der Waals surface area contributed by atoms with Crippen LogP contribution in [0.4, 0.5) is 0 Å². The predicted octanol–water partition coefficient (Wildman–Crippen LogP) is 1.10. The summed E-state index contributed by atoms with van der Waals surface area (Å²) < 4.78 is 0. The van der Waals surface area contributed by atoms with E-state index in [9.17, 15) is 5.11 Å². The van der Waals surface area contributed by atoms with Crippen molar-refractivity contribution in [3.63, 3.8) is 0 Å². The van der Waals surface area contributed by atoms with Gasteiger partial charge in [-0.1, -0.05) is 0 Å². The Morgan fingerprint density at radius 1 is 1.45 bits per heavy atom. The molecule has 1 saturated carbocycles. The highest BCUT2D eigenvalue weighted by Gasteiger charge is 2.46. The molecule has 0 heterocycles. The zero-order chi connectivity index (χ0) is 8.48. The third kappa shape index (κ3) is 2.17. The number of aliphatic hydroxyl groups excluding tert-OH is 1. The SMILES string of the molecule is CC(O)C1(CCN(C)C)CC1. The van der Waals surface area contributed by atoms with Crippen LogP contribution in [0.3, 0.4) is 0 Å². The molecule has 66 valence electrons. The van der Waals surface area contributed by atoms with E-state index in [2.05, 4.69) is 19.0 Å². The van der Waals surface area contributed by atoms with Gasteiger partial charge in [0.2, 0.25) is 0 Å². The molecule has 0 spiro atoms. The Bertz CT molecular complexity index is 128. The lowest BCUT2D eigenvalue weighted by atomic mass is 9.96. The molecule has 2 nitrogen and oxygen atoms in total. The third-order valence-electron chi connectivity index (χ3n) is 2.84. The van der Waals surface area contributed by atoms with E-state index in [4.69, 9.17) is 0 Å². The number of hydrogen-bond donors (Lipinski definition) is 1. The summed E-state index contributed by atoms with van der Waals surface area (Å²) in [5.41, 5.74) is 0.296. The molecule has 1 aliphatic carbocycles. The van der Waals surface area contributed by atoms with Crippen molar-refractivity contribution in [3.8, 4) is 0 Å². The second-order valence-electron chi connectivity index (χ2n) is 4.09. The van der Waals surface area contributed by atoms with E-state index in [0.717, 1.165) is 13.0 Å². The Hall–Kier alpha value is -0.0800. The van der Waals surface area contributed by atoms with Crippen LogP contribution in [-0.2, 0) is 0 Å². The lowest BCUT2D eigenvalue weighted by Crippen LogP contribution is -2.24. The van der Waals surface area contributed by atoms with Crippen LogP contribution in [0, 0.1) is 5.41 Å². The van der Waals surface area contributed by atoms with Gasteiger partial charge in [0.15, 0.2) is 0 Å². The fourth-order valence-corrected chi connectivity index (χ4v) is 1.48. The van der Waals surface area contributed by atoms with E-state index in [1.54, 1.807) is 0 Å². The van der Waals surface area contributed by atoms with Crippen LogP contribution >= 0.6 is 0 Å². The van der Waals surface area contributed by atoms with Gasteiger partial charge in [-0.15, -0.1) is 0 Å². The van der Waals surface area contributed by atoms with Crippen molar-refractivity contribution < 1.29 is 5.11 Å².